The summed E-state index contributed by atoms with van der Waals surface area (Å²) in [6.45, 7) is 4.46. The number of methoxy groups -OCH3 is 1. The van der Waals surface area contributed by atoms with Crippen molar-refractivity contribution < 1.29 is 14.3 Å². The van der Waals surface area contributed by atoms with Crippen molar-refractivity contribution in [2.24, 2.45) is 0 Å². The van der Waals surface area contributed by atoms with E-state index in [9.17, 15) is 4.79 Å². The average molecular weight is 388 g/mol. The largest absolute Gasteiger partial charge is 0.497 e. The summed E-state index contributed by atoms with van der Waals surface area (Å²) in [6.07, 6.45) is 1.71. The molecule has 29 heavy (non-hydrogen) atoms. The van der Waals surface area contributed by atoms with Crippen LogP contribution in [0.1, 0.15) is 11.1 Å². The van der Waals surface area contributed by atoms with Crippen molar-refractivity contribution in [3.8, 4) is 17.0 Å². The Kier molecular flexibility index (Phi) is 6.76. The highest BCUT2D eigenvalue weighted by molar-refractivity contribution is 5.87. The zero-order valence-corrected chi connectivity index (χ0v) is 16.7. The fourth-order valence-electron chi connectivity index (χ4n) is 2.80. The van der Waals surface area contributed by atoms with Gasteiger partial charge in [-0.1, -0.05) is 36.9 Å². The lowest BCUT2D eigenvalue weighted by molar-refractivity contribution is -0.132. The predicted octanol–water partition coefficient (Wildman–Crippen LogP) is 4.40. The monoisotopic (exact) mass is 388 g/mol. The number of rotatable bonds is 8. The van der Waals surface area contributed by atoms with E-state index in [1.165, 1.54) is 4.90 Å². The molecule has 0 aliphatic carbocycles. The molecule has 0 aliphatic rings. The second kappa shape index (κ2) is 9.66. The number of hydrogen-bond donors (Lipinski definition) is 0. The molecule has 0 saturated carbocycles. The smallest absolute Gasteiger partial charge is 0.252 e. The van der Waals surface area contributed by atoms with Crippen molar-refractivity contribution in [1.29, 1.82) is 0 Å². The summed E-state index contributed by atoms with van der Waals surface area (Å²) in [5.74, 6) is 0.629. The van der Waals surface area contributed by atoms with Gasteiger partial charge in [0.1, 0.15) is 12.4 Å². The van der Waals surface area contributed by atoms with E-state index in [-0.39, 0.29) is 12.5 Å². The van der Waals surface area contributed by atoms with Crippen LogP contribution < -0.4 is 4.74 Å². The lowest BCUT2D eigenvalue weighted by Gasteiger charge is -2.20. The normalized spacial score (nSPS) is 10.4. The van der Waals surface area contributed by atoms with Crippen molar-refractivity contribution in [2.45, 2.75) is 6.61 Å². The Balaban J connectivity index is 1.63. The van der Waals surface area contributed by atoms with E-state index in [4.69, 9.17) is 9.47 Å². The highest BCUT2D eigenvalue weighted by Gasteiger charge is 2.14. The summed E-state index contributed by atoms with van der Waals surface area (Å²) >= 11 is 0. The molecule has 3 rings (SSSR count). The number of aromatic nitrogens is 1. The van der Waals surface area contributed by atoms with Gasteiger partial charge in [-0.2, -0.15) is 0 Å². The molecule has 2 aromatic carbocycles. The summed E-state index contributed by atoms with van der Waals surface area (Å²) in [5.41, 5.74) is 4.20. The zero-order chi connectivity index (χ0) is 20.6. The second-order valence-corrected chi connectivity index (χ2v) is 6.54. The first-order chi connectivity index (χ1) is 14.1. The molecule has 5 nitrogen and oxygen atoms in total. The molecule has 0 bridgehead atoms. The van der Waals surface area contributed by atoms with E-state index in [1.54, 1.807) is 20.4 Å². The van der Waals surface area contributed by atoms with Gasteiger partial charge in [0.05, 0.1) is 19.4 Å². The zero-order valence-electron chi connectivity index (χ0n) is 16.7. The summed E-state index contributed by atoms with van der Waals surface area (Å²) in [4.78, 5) is 18.4. The summed E-state index contributed by atoms with van der Waals surface area (Å²) in [5, 5.41) is 0. The maximum atomic E-state index is 12.5. The molecule has 5 heteroatoms. The van der Waals surface area contributed by atoms with Crippen molar-refractivity contribution in [2.75, 3.05) is 20.8 Å². The summed E-state index contributed by atoms with van der Waals surface area (Å²) in [7, 11) is 3.33. The molecule has 0 radical (unpaired) electrons. The molecule has 1 amide bonds. The van der Waals surface area contributed by atoms with Gasteiger partial charge in [0, 0.05) is 30.1 Å². The Morgan fingerprint density at radius 2 is 1.79 bits per heavy atom. The molecule has 0 fully saturated rings. The van der Waals surface area contributed by atoms with Crippen LogP contribution in [0.4, 0.5) is 0 Å². The highest BCUT2D eigenvalue weighted by atomic mass is 16.5. The molecule has 0 unspecified atom stereocenters. The van der Waals surface area contributed by atoms with Crippen molar-refractivity contribution in [1.82, 2.24) is 9.88 Å². The minimum atomic E-state index is -0.159. The number of amides is 1. The van der Waals surface area contributed by atoms with Crippen LogP contribution in [0.15, 0.2) is 79.5 Å². The Labute approximate surface area is 171 Å². The standard InChI is InChI=1S/C24H24N2O3/c1-18(26(2)24(27)17-29-16-19-7-5-4-6-8-19)21-13-14-25-23(15-21)20-9-11-22(28-3)12-10-20/h4-15H,1,16-17H2,2-3H3. The van der Waals surface area contributed by atoms with Crippen LogP contribution >= 0.6 is 0 Å². The predicted molar refractivity (Wildman–Crippen MR) is 114 cm³/mol. The highest BCUT2D eigenvalue weighted by Crippen LogP contribution is 2.24. The molecule has 148 valence electrons. The third-order valence-electron chi connectivity index (χ3n) is 4.60. The fourth-order valence-corrected chi connectivity index (χ4v) is 2.80. The number of likely N-dealkylation sites (N-methyl/N-ethyl adjacent to an activating group) is 1. The van der Waals surface area contributed by atoms with E-state index in [0.717, 1.165) is 28.1 Å². The molecule has 0 aliphatic heterocycles. The van der Waals surface area contributed by atoms with Crippen LogP contribution in [0.25, 0.3) is 17.0 Å². The van der Waals surface area contributed by atoms with Crippen LogP contribution in [0.5, 0.6) is 5.75 Å². The van der Waals surface area contributed by atoms with Crippen LogP contribution in [0, 0.1) is 0 Å². The quantitative estimate of drug-likeness (QED) is 0.574. The molecule has 1 aromatic heterocycles. The van der Waals surface area contributed by atoms with E-state index < -0.39 is 0 Å². The number of benzene rings is 2. The Morgan fingerprint density at radius 3 is 2.48 bits per heavy atom. The van der Waals surface area contributed by atoms with Gasteiger partial charge in [-0.25, -0.2) is 0 Å². The molecule has 0 N–H and O–H groups in total. The van der Waals surface area contributed by atoms with E-state index >= 15 is 0 Å². The van der Waals surface area contributed by atoms with Crippen LogP contribution in [-0.4, -0.2) is 36.6 Å². The van der Waals surface area contributed by atoms with E-state index in [1.807, 2.05) is 66.7 Å². The first-order valence-electron chi connectivity index (χ1n) is 9.26. The van der Waals surface area contributed by atoms with Gasteiger partial charge in [0.2, 0.25) is 0 Å². The van der Waals surface area contributed by atoms with Gasteiger partial charge in [-0.15, -0.1) is 0 Å². The topological polar surface area (TPSA) is 51.7 Å². The van der Waals surface area contributed by atoms with Gasteiger partial charge in [-0.05, 0) is 42.0 Å². The lowest BCUT2D eigenvalue weighted by atomic mass is 10.1. The molecular formula is C24H24N2O3. The SMILES string of the molecule is C=C(c1ccnc(-c2ccc(OC)cc2)c1)N(C)C(=O)COCc1ccccc1. The molecule has 0 spiro atoms. The van der Waals surface area contributed by atoms with E-state index in [2.05, 4.69) is 11.6 Å². The summed E-state index contributed by atoms with van der Waals surface area (Å²) in [6, 6.07) is 21.2. The second-order valence-electron chi connectivity index (χ2n) is 6.54. The molecule has 3 aromatic rings. The van der Waals surface area contributed by atoms with Gasteiger partial charge in [0.25, 0.3) is 5.91 Å². The number of ether oxygens (including phenoxy) is 2. The molecule has 0 atom stereocenters. The van der Waals surface area contributed by atoms with Gasteiger partial charge >= 0.3 is 0 Å². The lowest BCUT2D eigenvalue weighted by Crippen LogP contribution is -2.28. The number of pyridine rings is 1. The number of carbonyl (C=O) groups is 1. The van der Waals surface area contributed by atoms with Gasteiger partial charge in [-0.3, -0.25) is 9.78 Å². The Bertz CT molecular complexity index is 969. The summed E-state index contributed by atoms with van der Waals surface area (Å²) < 4.78 is 10.7. The van der Waals surface area contributed by atoms with Gasteiger partial charge in [0.15, 0.2) is 0 Å². The van der Waals surface area contributed by atoms with Crippen molar-refractivity contribution >= 4 is 11.6 Å². The maximum Gasteiger partial charge on any atom is 0.252 e. The minimum Gasteiger partial charge on any atom is -0.497 e. The van der Waals surface area contributed by atoms with E-state index in [0.29, 0.717) is 12.3 Å². The maximum absolute atomic E-state index is 12.5. The molecular weight excluding hydrogens is 364 g/mol. The van der Waals surface area contributed by atoms with Crippen LogP contribution in [0.2, 0.25) is 0 Å². The average Bonchev–Trinajstić information content (AvgIpc) is 2.79. The third kappa shape index (κ3) is 5.30. The Hall–Kier alpha value is -3.44. The van der Waals surface area contributed by atoms with Gasteiger partial charge < -0.3 is 14.4 Å². The number of carbonyl (C=O) groups excluding carboxylic acids is 1. The first-order valence-corrected chi connectivity index (χ1v) is 9.26. The number of hydrogen-bond acceptors (Lipinski definition) is 4. The number of nitrogens with zero attached hydrogens (tertiary/aromatic N) is 2. The van der Waals surface area contributed by atoms with Crippen LogP contribution in [0.3, 0.4) is 0 Å². The Morgan fingerprint density at radius 1 is 1.07 bits per heavy atom. The molecule has 1 heterocycles. The van der Waals surface area contributed by atoms with Crippen molar-refractivity contribution in [3.63, 3.8) is 0 Å². The van der Waals surface area contributed by atoms with Crippen molar-refractivity contribution in [3.05, 3.63) is 90.6 Å². The van der Waals surface area contributed by atoms with Crippen LogP contribution in [-0.2, 0) is 16.1 Å². The first kappa shape index (κ1) is 20.3. The third-order valence-corrected chi connectivity index (χ3v) is 4.60. The molecule has 0 saturated heterocycles. The fraction of sp³-hybridized carbons (Fsp3) is 0.167. The minimum absolute atomic E-state index is 0.0131.